The zero-order valence-corrected chi connectivity index (χ0v) is 24.3. The Kier molecular flexibility index (Phi) is 5.60. The highest BCUT2D eigenvalue weighted by atomic mass is 15.2. The molecule has 2 heterocycles. The van der Waals surface area contributed by atoms with Crippen LogP contribution < -0.4 is 10.2 Å². The second-order valence-corrected chi connectivity index (χ2v) is 11.9. The first-order valence-corrected chi connectivity index (χ1v) is 14.7. The summed E-state index contributed by atoms with van der Waals surface area (Å²) in [6, 6.07) is 44.2. The van der Waals surface area contributed by atoms with Crippen molar-refractivity contribution in [2.45, 2.75) is 25.3 Å². The Balaban J connectivity index is 1.25. The molecule has 2 aliphatic heterocycles. The Morgan fingerprint density at radius 1 is 0.682 bits per heavy atom. The number of para-hydroxylation sites is 2. The van der Waals surface area contributed by atoms with Crippen LogP contribution in [-0.4, -0.2) is 11.8 Å². The largest absolute Gasteiger partial charge is 0.362 e. The third-order valence-electron chi connectivity index (χ3n) is 9.13. The number of anilines is 4. The van der Waals surface area contributed by atoms with Gasteiger partial charge in [0.05, 0.1) is 28.8 Å². The minimum atomic E-state index is -0.768. The van der Waals surface area contributed by atoms with Gasteiger partial charge in [0.2, 0.25) is 0 Å². The van der Waals surface area contributed by atoms with E-state index in [1.165, 1.54) is 22.5 Å². The van der Waals surface area contributed by atoms with Crippen LogP contribution in [0.5, 0.6) is 0 Å². The van der Waals surface area contributed by atoms with Gasteiger partial charge in [-0.15, -0.1) is 0 Å². The van der Waals surface area contributed by atoms with E-state index >= 15 is 0 Å². The molecule has 0 saturated heterocycles. The highest BCUT2D eigenvalue weighted by Gasteiger charge is 2.36. The molecule has 5 heteroatoms. The molecule has 0 fully saturated rings. The van der Waals surface area contributed by atoms with Crippen molar-refractivity contribution in [2.75, 3.05) is 10.2 Å². The highest BCUT2D eigenvalue weighted by Crippen LogP contribution is 2.52. The van der Waals surface area contributed by atoms with Crippen molar-refractivity contribution in [1.82, 2.24) is 0 Å². The number of fused-ring (bicyclic) bond motifs is 8. The van der Waals surface area contributed by atoms with Crippen molar-refractivity contribution >= 4 is 55.7 Å². The number of nitrogens with one attached hydrogen (secondary N) is 1. The van der Waals surface area contributed by atoms with Crippen molar-refractivity contribution in [3.8, 4) is 23.3 Å². The van der Waals surface area contributed by atoms with E-state index in [1.807, 2.05) is 18.2 Å². The number of hydrogen-bond donors (Lipinski definition) is 1. The molecule has 6 aromatic carbocycles. The van der Waals surface area contributed by atoms with Crippen molar-refractivity contribution < 1.29 is 0 Å². The lowest BCUT2D eigenvalue weighted by atomic mass is 9.73. The number of aliphatic imine (C=N–C) groups is 1. The van der Waals surface area contributed by atoms with Crippen LogP contribution in [0.15, 0.2) is 120 Å². The van der Waals surface area contributed by atoms with Crippen molar-refractivity contribution in [3.05, 3.63) is 126 Å². The molecule has 208 valence electrons. The van der Waals surface area contributed by atoms with E-state index in [4.69, 9.17) is 0 Å². The summed E-state index contributed by atoms with van der Waals surface area (Å²) in [6.45, 7) is 4.60. The van der Waals surface area contributed by atoms with Crippen LogP contribution >= 0.6 is 0 Å². The van der Waals surface area contributed by atoms with Crippen molar-refractivity contribution in [3.63, 3.8) is 0 Å². The average Bonchev–Trinajstić information content (AvgIpc) is 3.08. The predicted molar refractivity (Wildman–Crippen MR) is 179 cm³/mol. The molecule has 0 saturated carbocycles. The molecule has 6 aromatic rings. The van der Waals surface area contributed by atoms with Gasteiger partial charge in [0.15, 0.2) is 11.8 Å². The van der Waals surface area contributed by atoms with E-state index in [9.17, 15) is 10.5 Å². The van der Waals surface area contributed by atoms with Crippen LogP contribution in [0, 0.1) is 22.7 Å². The lowest BCUT2D eigenvalue weighted by Gasteiger charge is -2.42. The Morgan fingerprint density at radius 3 is 1.95 bits per heavy atom. The first kappa shape index (κ1) is 25.8. The minimum Gasteiger partial charge on any atom is -0.362 e. The van der Waals surface area contributed by atoms with Gasteiger partial charge in [-0.25, -0.2) is 4.99 Å². The van der Waals surface area contributed by atoms with E-state index in [0.29, 0.717) is 5.69 Å². The first-order valence-electron chi connectivity index (χ1n) is 14.7. The van der Waals surface area contributed by atoms with Gasteiger partial charge in [0.1, 0.15) is 6.07 Å². The summed E-state index contributed by atoms with van der Waals surface area (Å²) in [5.41, 5.74) is 9.93. The molecule has 2 aliphatic rings. The Morgan fingerprint density at radius 2 is 1.30 bits per heavy atom. The van der Waals surface area contributed by atoms with E-state index in [-0.39, 0.29) is 11.1 Å². The second kappa shape index (κ2) is 9.56. The van der Waals surface area contributed by atoms with E-state index < -0.39 is 6.04 Å². The Labute approximate surface area is 255 Å². The summed E-state index contributed by atoms with van der Waals surface area (Å²) >= 11 is 0. The fourth-order valence-electron chi connectivity index (χ4n) is 6.94. The molecular formula is C39H27N5. The van der Waals surface area contributed by atoms with Gasteiger partial charge in [-0.2, -0.15) is 10.5 Å². The van der Waals surface area contributed by atoms with E-state index in [0.717, 1.165) is 44.0 Å². The summed E-state index contributed by atoms with van der Waals surface area (Å²) in [7, 11) is 0. The van der Waals surface area contributed by atoms with Gasteiger partial charge in [-0.1, -0.05) is 98.8 Å². The molecule has 0 aromatic heterocycles. The number of hydrogen-bond acceptors (Lipinski definition) is 5. The average molecular weight is 566 g/mol. The Bertz CT molecular complexity index is 2210. The van der Waals surface area contributed by atoms with E-state index in [1.54, 1.807) is 0 Å². The molecule has 1 unspecified atom stereocenters. The maximum atomic E-state index is 9.67. The maximum absolute atomic E-state index is 9.67. The molecule has 1 atom stereocenters. The second-order valence-electron chi connectivity index (χ2n) is 11.9. The zero-order chi connectivity index (χ0) is 30.0. The van der Waals surface area contributed by atoms with Crippen LogP contribution in [0.2, 0.25) is 0 Å². The molecule has 0 radical (unpaired) electrons. The monoisotopic (exact) mass is 565 g/mol. The predicted octanol–water partition coefficient (Wildman–Crippen LogP) is 9.68. The van der Waals surface area contributed by atoms with Crippen LogP contribution in [-0.2, 0) is 5.41 Å². The van der Waals surface area contributed by atoms with Gasteiger partial charge in [0, 0.05) is 21.9 Å². The molecular weight excluding hydrogens is 538 g/mol. The standard InChI is InChI=1S/C39H27N5/c1-39(2)31-11-5-7-13-35(31)44(36-14-8-6-12-32(36)39)26-18-15-24(16-19-26)25-17-20-29-30(21-25)27-9-3-4-10-28(27)37-38(29)43-34(23-41)33(22-40)42-37/h3-21,33,42H,1-2H3. The molecule has 8 rings (SSSR count). The maximum Gasteiger partial charge on any atom is 0.167 e. The third-order valence-corrected chi connectivity index (χ3v) is 9.13. The molecule has 0 spiro atoms. The van der Waals surface area contributed by atoms with Crippen LogP contribution in [0.4, 0.5) is 28.4 Å². The summed E-state index contributed by atoms with van der Waals surface area (Å²) in [5, 5.41) is 26.6. The summed E-state index contributed by atoms with van der Waals surface area (Å²) < 4.78 is 0. The molecule has 44 heavy (non-hydrogen) atoms. The molecule has 0 amide bonds. The summed E-state index contributed by atoms with van der Waals surface area (Å²) in [5.74, 6) is 0. The third kappa shape index (κ3) is 3.67. The fourth-order valence-corrected chi connectivity index (χ4v) is 6.94. The number of rotatable bonds is 2. The van der Waals surface area contributed by atoms with E-state index in [2.05, 4.69) is 138 Å². The van der Waals surface area contributed by atoms with Crippen molar-refractivity contribution in [1.29, 1.82) is 10.5 Å². The number of nitriles is 2. The summed E-state index contributed by atoms with van der Waals surface area (Å²) in [6.07, 6.45) is 0. The van der Waals surface area contributed by atoms with Gasteiger partial charge >= 0.3 is 0 Å². The van der Waals surface area contributed by atoms with Crippen LogP contribution in [0.25, 0.3) is 32.7 Å². The molecule has 5 nitrogen and oxygen atoms in total. The van der Waals surface area contributed by atoms with Crippen LogP contribution in [0.3, 0.4) is 0 Å². The molecule has 0 aliphatic carbocycles. The number of nitrogens with zero attached hydrogens (tertiary/aromatic N) is 4. The van der Waals surface area contributed by atoms with Gasteiger partial charge in [-0.05, 0) is 63.4 Å². The van der Waals surface area contributed by atoms with Gasteiger partial charge < -0.3 is 10.2 Å². The normalized spacial score (nSPS) is 16.1. The lowest BCUT2D eigenvalue weighted by molar-refractivity contribution is 0.632. The van der Waals surface area contributed by atoms with Crippen LogP contribution in [0.1, 0.15) is 25.0 Å². The molecule has 0 bridgehead atoms. The van der Waals surface area contributed by atoms with Crippen molar-refractivity contribution in [2.24, 2.45) is 4.99 Å². The minimum absolute atomic E-state index is 0.0974. The lowest BCUT2D eigenvalue weighted by Crippen LogP contribution is -2.30. The smallest absolute Gasteiger partial charge is 0.167 e. The SMILES string of the molecule is CC1(C)c2ccccc2N(c2ccc(-c3ccc4c5c(c6ccccc6c4c3)NC(C#N)C(C#N)=N5)cc2)c2ccccc21. The zero-order valence-electron chi connectivity index (χ0n) is 24.3. The molecule has 1 N–H and O–H groups in total. The van der Waals surface area contributed by atoms with Gasteiger partial charge in [-0.3, -0.25) is 0 Å². The number of benzene rings is 6. The first-order chi connectivity index (χ1) is 21.5. The van der Waals surface area contributed by atoms with Gasteiger partial charge in [0.25, 0.3) is 0 Å². The quantitative estimate of drug-likeness (QED) is 0.212. The topological polar surface area (TPSA) is 75.2 Å². The summed E-state index contributed by atoms with van der Waals surface area (Å²) in [4.78, 5) is 7.04. The fraction of sp³-hybridized carbons (Fsp3) is 0.103. The highest BCUT2D eigenvalue weighted by molar-refractivity contribution is 6.24. The Hall–Kier alpha value is -5.91.